The van der Waals surface area contributed by atoms with E-state index in [1.54, 1.807) is 0 Å². The van der Waals surface area contributed by atoms with Crippen molar-refractivity contribution in [2.75, 3.05) is 0 Å². The summed E-state index contributed by atoms with van der Waals surface area (Å²) in [5.74, 6) is 2.72. The highest BCUT2D eigenvalue weighted by atomic mass is 32.2. The van der Waals surface area contributed by atoms with Gasteiger partial charge in [-0.15, -0.1) is 0 Å². The topological polar surface area (TPSA) is 40.5 Å². The fraction of sp³-hybridized carbons (Fsp3) is 0.556. The molecule has 3 saturated carbocycles. The molecule has 4 heteroatoms. The van der Waals surface area contributed by atoms with Gasteiger partial charge in [-0.1, -0.05) is 191 Å². The second-order valence-electron chi connectivity index (χ2n) is 20.3. The van der Waals surface area contributed by atoms with Crippen LogP contribution >= 0.6 is 23.5 Å². The van der Waals surface area contributed by atoms with Crippen LogP contribution in [0.4, 0.5) is 0 Å². The van der Waals surface area contributed by atoms with E-state index in [9.17, 15) is 10.2 Å². The van der Waals surface area contributed by atoms with Gasteiger partial charge < -0.3 is 10.2 Å². The highest BCUT2D eigenvalue weighted by Gasteiger charge is 2.41. The Bertz CT molecular complexity index is 1800. The summed E-state index contributed by atoms with van der Waals surface area (Å²) in [5, 5.41) is 25.8. The predicted molar refractivity (Wildman–Crippen MR) is 252 cm³/mol. The molecule has 58 heavy (non-hydrogen) atoms. The minimum absolute atomic E-state index is 0.0216. The Labute approximate surface area is 360 Å². The Balaban J connectivity index is 1.20. The average molecular weight is 817 g/mol. The zero-order valence-electron chi connectivity index (χ0n) is 36.7. The quantitative estimate of drug-likeness (QED) is 0.167. The number of hydrogen-bond donors (Lipinski definition) is 2. The smallest absolute Gasteiger partial charge is 0.123 e. The molecule has 312 valence electrons. The summed E-state index contributed by atoms with van der Waals surface area (Å²) in [4.78, 5) is 0. The first-order valence-corrected chi connectivity index (χ1v) is 25.0. The van der Waals surface area contributed by atoms with Crippen molar-refractivity contribution in [1.82, 2.24) is 0 Å². The lowest BCUT2D eigenvalue weighted by molar-refractivity contribution is 0.331. The van der Waals surface area contributed by atoms with Crippen LogP contribution in [-0.4, -0.2) is 20.7 Å². The van der Waals surface area contributed by atoms with Crippen molar-refractivity contribution in [2.45, 2.75) is 188 Å². The molecule has 0 spiro atoms. The SMILES string of the molecule is CC(C)(C)c1cc(CS[C@H]2CCCCCC[C@@H]2SCc2cc(C(C)(C)C)cc(C3(c4ccccc4)CCCCC3)c2O)c(O)c(C2(c3ccccc3)CCCCC2)c1. The van der Waals surface area contributed by atoms with Crippen LogP contribution in [-0.2, 0) is 33.2 Å². The third-order valence-corrected chi connectivity index (χ3v) is 17.4. The molecule has 0 amide bonds. The van der Waals surface area contributed by atoms with E-state index >= 15 is 0 Å². The second-order valence-corrected chi connectivity index (χ2v) is 22.7. The van der Waals surface area contributed by atoms with E-state index < -0.39 is 0 Å². The number of aromatic hydroxyl groups is 2. The van der Waals surface area contributed by atoms with Crippen molar-refractivity contribution in [1.29, 1.82) is 0 Å². The van der Waals surface area contributed by atoms with Crippen LogP contribution in [0.25, 0.3) is 0 Å². The summed E-state index contributed by atoms with van der Waals surface area (Å²) in [6, 6.07) is 31.6. The van der Waals surface area contributed by atoms with Crippen molar-refractivity contribution in [3.63, 3.8) is 0 Å². The van der Waals surface area contributed by atoms with Crippen LogP contribution in [0.5, 0.6) is 11.5 Å². The standard InChI is InChI=1S/C54H72O2S2/c1-51(2,3)43-33-39(49(55)45(35-43)53(29-19-11-20-30-53)41-23-13-9-14-24-41)37-57-47-27-17-7-8-18-28-48(47)58-38-40-34-44(52(4,5)6)36-46(50(40)56)54(31-21-12-22-32-54)42-25-15-10-16-26-42/h9-10,13-16,23-26,33-36,47-48,55-56H,7-8,11-12,17-22,27-32,37-38H2,1-6H3/t47-,48-/m0/s1. The van der Waals surface area contributed by atoms with E-state index in [0.29, 0.717) is 22.0 Å². The van der Waals surface area contributed by atoms with Gasteiger partial charge in [0.05, 0.1) is 0 Å². The number of thioether (sulfide) groups is 2. The molecule has 2 nitrogen and oxygen atoms in total. The Morgan fingerprint density at radius 3 is 1.17 bits per heavy atom. The Kier molecular flexibility index (Phi) is 13.8. The molecule has 3 fully saturated rings. The average Bonchev–Trinajstić information content (AvgIpc) is 3.21. The summed E-state index contributed by atoms with van der Waals surface area (Å²) in [7, 11) is 0. The predicted octanol–water partition coefficient (Wildman–Crippen LogP) is 15.5. The molecular weight excluding hydrogens is 745 g/mol. The monoisotopic (exact) mass is 816 g/mol. The molecule has 4 aromatic rings. The summed E-state index contributed by atoms with van der Waals surface area (Å²) in [6.07, 6.45) is 19.2. The minimum atomic E-state index is -0.151. The van der Waals surface area contributed by atoms with Gasteiger partial charge in [0, 0.05) is 55.1 Å². The van der Waals surface area contributed by atoms with Crippen molar-refractivity contribution >= 4 is 23.5 Å². The van der Waals surface area contributed by atoms with Crippen LogP contribution in [0.15, 0.2) is 84.9 Å². The summed E-state index contributed by atoms with van der Waals surface area (Å²) in [6.45, 7) is 13.9. The lowest BCUT2D eigenvalue weighted by atomic mass is 9.64. The molecule has 0 unspecified atom stereocenters. The van der Waals surface area contributed by atoms with E-state index in [1.165, 1.54) is 99.3 Å². The Morgan fingerprint density at radius 1 is 0.483 bits per heavy atom. The lowest BCUT2D eigenvalue weighted by Crippen LogP contribution is -2.31. The molecule has 3 aliphatic rings. The number of hydrogen-bond acceptors (Lipinski definition) is 4. The molecule has 0 bridgehead atoms. The van der Waals surface area contributed by atoms with Crippen LogP contribution in [0.1, 0.15) is 189 Å². The van der Waals surface area contributed by atoms with E-state index in [-0.39, 0.29) is 21.7 Å². The third kappa shape index (κ3) is 9.39. The van der Waals surface area contributed by atoms with Crippen LogP contribution in [0.2, 0.25) is 0 Å². The first kappa shape index (κ1) is 43.3. The number of rotatable bonds is 10. The maximum Gasteiger partial charge on any atom is 0.123 e. The second kappa shape index (κ2) is 18.4. The summed E-state index contributed by atoms with van der Waals surface area (Å²) >= 11 is 4.18. The van der Waals surface area contributed by atoms with Crippen molar-refractivity contribution in [3.8, 4) is 11.5 Å². The molecule has 4 aromatic carbocycles. The van der Waals surface area contributed by atoms with Crippen molar-refractivity contribution in [2.24, 2.45) is 0 Å². The number of phenols is 2. The van der Waals surface area contributed by atoms with Gasteiger partial charge in [-0.05, 0) is 71.6 Å². The van der Waals surface area contributed by atoms with Gasteiger partial charge in [0.2, 0.25) is 0 Å². The van der Waals surface area contributed by atoms with Gasteiger partial charge in [-0.2, -0.15) is 23.5 Å². The largest absolute Gasteiger partial charge is 0.507 e. The maximum absolute atomic E-state index is 12.4. The van der Waals surface area contributed by atoms with E-state index in [4.69, 9.17) is 0 Å². The fourth-order valence-electron chi connectivity index (χ4n) is 10.6. The molecular formula is C54H72O2S2. The van der Waals surface area contributed by atoms with Crippen molar-refractivity contribution < 1.29 is 10.2 Å². The number of benzene rings is 4. The fourth-order valence-corrected chi connectivity index (χ4v) is 13.7. The first-order valence-electron chi connectivity index (χ1n) is 22.9. The molecule has 0 heterocycles. The Hall–Kier alpha value is -2.82. The van der Waals surface area contributed by atoms with Gasteiger partial charge >= 0.3 is 0 Å². The minimum Gasteiger partial charge on any atom is -0.507 e. The highest BCUT2D eigenvalue weighted by Crippen LogP contribution is 2.52. The van der Waals surface area contributed by atoms with Gasteiger partial charge in [0.25, 0.3) is 0 Å². The molecule has 3 aliphatic carbocycles. The van der Waals surface area contributed by atoms with Gasteiger partial charge in [0.15, 0.2) is 0 Å². The third-order valence-electron chi connectivity index (χ3n) is 14.3. The van der Waals surface area contributed by atoms with E-state index in [2.05, 4.69) is 150 Å². The van der Waals surface area contributed by atoms with Gasteiger partial charge in [-0.25, -0.2) is 0 Å². The molecule has 0 radical (unpaired) electrons. The molecule has 7 rings (SSSR count). The van der Waals surface area contributed by atoms with Crippen LogP contribution in [0.3, 0.4) is 0 Å². The maximum atomic E-state index is 12.4. The van der Waals surface area contributed by atoms with Crippen LogP contribution in [0, 0.1) is 0 Å². The first-order chi connectivity index (χ1) is 27.8. The highest BCUT2D eigenvalue weighted by molar-refractivity contribution is 8.03. The van der Waals surface area contributed by atoms with Crippen LogP contribution < -0.4 is 0 Å². The zero-order valence-corrected chi connectivity index (χ0v) is 38.3. The molecule has 0 aromatic heterocycles. The van der Waals surface area contributed by atoms with E-state index in [0.717, 1.165) is 59.4 Å². The molecule has 0 aliphatic heterocycles. The lowest BCUT2D eigenvalue weighted by Gasteiger charge is -2.40. The van der Waals surface area contributed by atoms with Gasteiger partial charge in [0.1, 0.15) is 11.5 Å². The van der Waals surface area contributed by atoms with Crippen molar-refractivity contribution in [3.05, 3.63) is 129 Å². The Morgan fingerprint density at radius 2 is 0.828 bits per heavy atom. The molecule has 2 N–H and O–H groups in total. The number of phenolic OH excluding ortho intramolecular Hbond substituents is 2. The van der Waals surface area contributed by atoms with Gasteiger partial charge in [-0.3, -0.25) is 0 Å². The normalized spacial score (nSPS) is 21.6. The molecule has 2 atom stereocenters. The summed E-state index contributed by atoms with van der Waals surface area (Å²) in [5.41, 5.74) is 9.55. The summed E-state index contributed by atoms with van der Waals surface area (Å²) < 4.78 is 0. The van der Waals surface area contributed by atoms with E-state index in [1.807, 2.05) is 0 Å². The zero-order chi connectivity index (χ0) is 41.0. The molecule has 0 saturated heterocycles.